The lowest BCUT2D eigenvalue weighted by Crippen LogP contribution is -2.43. The second-order valence-electron chi connectivity index (χ2n) is 7.44. The van der Waals surface area contributed by atoms with Crippen LogP contribution in [-0.2, 0) is 14.4 Å². The maximum atomic E-state index is 13.5. The van der Waals surface area contributed by atoms with E-state index in [0.717, 1.165) is 4.90 Å². The largest absolute Gasteiger partial charge is 0.481 e. The lowest BCUT2D eigenvalue weighted by molar-refractivity contribution is -0.138. The SMILES string of the molecule is N#C[C@@H]1CC(F)(F)CN1C(=O)CNC(=O)c1ccnc2ccc(NC(=O)CCC(=O)O)cc12. The zero-order valence-corrected chi connectivity index (χ0v) is 17.2. The first kappa shape index (κ1) is 23.5. The van der Waals surface area contributed by atoms with Gasteiger partial charge in [-0.1, -0.05) is 0 Å². The molecule has 1 aromatic heterocycles. The Labute approximate surface area is 186 Å². The highest BCUT2D eigenvalue weighted by Gasteiger charge is 2.47. The Morgan fingerprint density at radius 3 is 2.70 bits per heavy atom. The third-order valence-electron chi connectivity index (χ3n) is 4.98. The van der Waals surface area contributed by atoms with Gasteiger partial charge in [-0.05, 0) is 24.3 Å². The molecule has 1 saturated heterocycles. The van der Waals surface area contributed by atoms with Gasteiger partial charge in [0.2, 0.25) is 11.8 Å². The normalized spacial score (nSPS) is 16.8. The summed E-state index contributed by atoms with van der Waals surface area (Å²) in [5.41, 5.74) is 0.853. The van der Waals surface area contributed by atoms with Gasteiger partial charge in [0.25, 0.3) is 11.8 Å². The highest BCUT2D eigenvalue weighted by Crippen LogP contribution is 2.31. The van der Waals surface area contributed by atoms with E-state index in [1.807, 2.05) is 0 Å². The molecule has 3 rings (SSSR count). The van der Waals surface area contributed by atoms with Gasteiger partial charge in [-0.15, -0.1) is 0 Å². The van der Waals surface area contributed by atoms with Crippen LogP contribution in [0.25, 0.3) is 10.9 Å². The monoisotopic (exact) mass is 459 g/mol. The Morgan fingerprint density at radius 1 is 1.24 bits per heavy atom. The summed E-state index contributed by atoms with van der Waals surface area (Å²) in [6.45, 7) is -1.47. The fraction of sp³-hybridized carbons (Fsp3) is 0.333. The number of amides is 3. The number of fused-ring (bicyclic) bond motifs is 1. The van der Waals surface area contributed by atoms with Gasteiger partial charge in [0.1, 0.15) is 6.04 Å². The minimum absolute atomic E-state index is 0.123. The number of carboxylic acids is 1. The van der Waals surface area contributed by atoms with Gasteiger partial charge in [-0.3, -0.25) is 24.2 Å². The second kappa shape index (κ2) is 9.56. The average Bonchev–Trinajstić information content (AvgIpc) is 3.10. The van der Waals surface area contributed by atoms with E-state index in [1.165, 1.54) is 24.4 Å². The van der Waals surface area contributed by atoms with Crippen LogP contribution in [0.5, 0.6) is 0 Å². The molecule has 1 fully saturated rings. The highest BCUT2D eigenvalue weighted by molar-refractivity contribution is 6.08. The summed E-state index contributed by atoms with van der Waals surface area (Å²) >= 11 is 0. The van der Waals surface area contributed by atoms with Crippen molar-refractivity contribution in [1.29, 1.82) is 5.26 Å². The molecular weight excluding hydrogens is 440 g/mol. The summed E-state index contributed by atoms with van der Waals surface area (Å²) in [5, 5.41) is 22.9. The number of alkyl halides is 2. The summed E-state index contributed by atoms with van der Waals surface area (Å²) in [4.78, 5) is 52.4. The Kier molecular flexibility index (Phi) is 6.81. The van der Waals surface area contributed by atoms with Crippen LogP contribution >= 0.6 is 0 Å². The van der Waals surface area contributed by atoms with Crippen molar-refractivity contribution in [3.63, 3.8) is 0 Å². The van der Waals surface area contributed by atoms with Gasteiger partial charge in [-0.25, -0.2) is 8.78 Å². The number of nitrogens with one attached hydrogen (secondary N) is 2. The van der Waals surface area contributed by atoms with Gasteiger partial charge >= 0.3 is 5.97 Å². The summed E-state index contributed by atoms with van der Waals surface area (Å²) < 4.78 is 27.1. The predicted molar refractivity (Wildman–Crippen MR) is 110 cm³/mol. The first-order chi connectivity index (χ1) is 15.6. The molecule has 3 amide bonds. The quantitative estimate of drug-likeness (QED) is 0.568. The van der Waals surface area contributed by atoms with Gasteiger partial charge in [0.15, 0.2) is 0 Å². The van der Waals surface area contributed by atoms with E-state index < -0.39 is 55.2 Å². The van der Waals surface area contributed by atoms with Crippen molar-refractivity contribution in [3.8, 4) is 6.07 Å². The zero-order valence-electron chi connectivity index (χ0n) is 17.2. The van der Waals surface area contributed by atoms with Crippen LogP contribution in [-0.4, -0.2) is 63.7 Å². The Bertz CT molecular complexity index is 1160. The number of likely N-dealkylation sites (tertiary alicyclic amines) is 1. The van der Waals surface area contributed by atoms with E-state index in [-0.39, 0.29) is 18.4 Å². The molecule has 0 bridgehead atoms. The molecule has 1 aliphatic heterocycles. The summed E-state index contributed by atoms with van der Waals surface area (Å²) in [5.74, 6) is -6.28. The molecule has 1 aliphatic rings. The van der Waals surface area contributed by atoms with E-state index in [4.69, 9.17) is 10.4 Å². The van der Waals surface area contributed by atoms with Gasteiger partial charge in [0, 0.05) is 30.1 Å². The molecule has 3 N–H and O–H groups in total. The first-order valence-electron chi connectivity index (χ1n) is 9.85. The molecule has 172 valence electrons. The number of nitrogens with zero attached hydrogens (tertiary/aromatic N) is 3. The third kappa shape index (κ3) is 5.76. The number of aliphatic carboxylic acids is 1. The lowest BCUT2D eigenvalue weighted by atomic mass is 10.1. The van der Waals surface area contributed by atoms with Crippen LogP contribution in [0, 0.1) is 11.3 Å². The second-order valence-corrected chi connectivity index (χ2v) is 7.44. The number of benzene rings is 1. The molecule has 0 aliphatic carbocycles. The smallest absolute Gasteiger partial charge is 0.303 e. The maximum Gasteiger partial charge on any atom is 0.303 e. The number of carbonyl (C=O) groups is 4. The van der Waals surface area contributed by atoms with Crippen LogP contribution in [0.1, 0.15) is 29.6 Å². The minimum Gasteiger partial charge on any atom is -0.481 e. The number of carboxylic acid groups (broad SMARTS) is 1. The average molecular weight is 459 g/mol. The Morgan fingerprint density at radius 2 is 2.00 bits per heavy atom. The number of pyridine rings is 1. The zero-order chi connectivity index (χ0) is 24.2. The number of aromatic nitrogens is 1. The molecule has 1 aromatic carbocycles. The molecule has 12 heteroatoms. The number of rotatable bonds is 7. The van der Waals surface area contributed by atoms with Crippen molar-refractivity contribution in [2.75, 3.05) is 18.4 Å². The van der Waals surface area contributed by atoms with E-state index in [0.29, 0.717) is 16.6 Å². The Balaban J connectivity index is 1.71. The molecule has 33 heavy (non-hydrogen) atoms. The standard InChI is InChI=1S/C21H19F2N5O5/c22-21(23)8-13(9-24)28(11-21)18(30)10-26-20(33)14-5-6-25-16-2-1-12(7-15(14)16)27-17(29)3-4-19(31)32/h1-2,5-7,13H,3-4,8,10-11H2,(H,26,33)(H,27,29)(H,31,32)/t13-/m0/s1. The Hall–Kier alpha value is -4.14. The van der Waals surface area contributed by atoms with E-state index in [1.54, 1.807) is 12.1 Å². The molecule has 2 heterocycles. The lowest BCUT2D eigenvalue weighted by Gasteiger charge is -2.19. The molecule has 2 aromatic rings. The van der Waals surface area contributed by atoms with E-state index >= 15 is 0 Å². The van der Waals surface area contributed by atoms with Gasteiger partial charge < -0.3 is 20.6 Å². The van der Waals surface area contributed by atoms with Crippen molar-refractivity contribution >= 4 is 40.3 Å². The van der Waals surface area contributed by atoms with Crippen LogP contribution in [0.4, 0.5) is 14.5 Å². The van der Waals surface area contributed by atoms with Crippen molar-refractivity contribution in [2.45, 2.75) is 31.2 Å². The van der Waals surface area contributed by atoms with Crippen molar-refractivity contribution in [2.24, 2.45) is 0 Å². The van der Waals surface area contributed by atoms with Crippen LogP contribution < -0.4 is 10.6 Å². The van der Waals surface area contributed by atoms with Gasteiger partial charge in [-0.2, -0.15) is 5.26 Å². The molecule has 1 atom stereocenters. The summed E-state index contributed by atoms with van der Waals surface area (Å²) in [7, 11) is 0. The number of halogens is 2. The molecule has 0 saturated carbocycles. The van der Waals surface area contributed by atoms with Gasteiger partial charge in [0.05, 0.1) is 36.7 Å². The number of carbonyl (C=O) groups excluding carboxylic acids is 3. The van der Waals surface area contributed by atoms with Crippen molar-refractivity contribution < 1.29 is 33.1 Å². The predicted octanol–water partition coefficient (Wildman–Crippen LogP) is 1.53. The maximum absolute atomic E-state index is 13.5. The van der Waals surface area contributed by atoms with Crippen LogP contribution in [0.2, 0.25) is 0 Å². The number of nitriles is 1. The highest BCUT2D eigenvalue weighted by atomic mass is 19.3. The van der Waals surface area contributed by atoms with Crippen molar-refractivity contribution in [3.05, 3.63) is 36.0 Å². The fourth-order valence-corrected chi connectivity index (χ4v) is 3.41. The molecular formula is C21H19F2N5O5. The van der Waals surface area contributed by atoms with Crippen LogP contribution in [0.15, 0.2) is 30.5 Å². The number of hydrogen-bond donors (Lipinski definition) is 3. The molecule has 10 nitrogen and oxygen atoms in total. The molecule has 0 unspecified atom stereocenters. The molecule has 0 spiro atoms. The summed E-state index contributed by atoms with van der Waals surface area (Å²) in [6.07, 6.45) is 0.0590. The van der Waals surface area contributed by atoms with E-state index in [2.05, 4.69) is 15.6 Å². The van der Waals surface area contributed by atoms with Crippen LogP contribution in [0.3, 0.4) is 0 Å². The summed E-state index contributed by atoms with van der Waals surface area (Å²) in [6, 6.07) is 6.35. The van der Waals surface area contributed by atoms with E-state index in [9.17, 15) is 28.0 Å². The minimum atomic E-state index is -3.16. The molecule has 0 radical (unpaired) electrons. The number of hydrogen-bond acceptors (Lipinski definition) is 6. The van der Waals surface area contributed by atoms with Crippen molar-refractivity contribution in [1.82, 2.24) is 15.2 Å². The first-order valence-corrected chi connectivity index (χ1v) is 9.85. The third-order valence-corrected chi connectivity index (χ3v) is 4.98. The fourth-order valence-electron chi connectivity index (χ4n) is 3.41. The topological polar surface area (TPSA) is 152 Å². The number of anilines is 1.